The van der Waals surface area contributed by atoms with Crippen LogP contribution < -0.4 is 24.2 Å². The highest BCUT2D eigenvalue weighted by molar-refractivity contribution is 8.00. The number of halogens is 3. The molecule has 394 valence electrons. The highest BCUT2D eigenvalue weighted by Crippen LogP contribution is 2.56. The van der Waals surface area contributed by atoms with Crippen molar-refractivity contribution in [1.82, 2.24) is 0 Å². The van der Waals surface area contributed by atoms with E-state index in [9.17, 15) is 0 Å². The second-order valence-electron chi connectivity index (χ2n) is 19.1. The Labute approximate surface area is 492 Å². The molecule has 5 nitrogen and oxygen atoms in total. The summed E-state index contributed by atoms with van der Waals surface area (Å²) in [5.41, 5.74) is 11.7. The molecule has 10 heteroatoms. The maximum absolute atomic E-state index is 8.49. The van der Waals surface area contributed by atoms with E-state index < -0.39 is 0 Å². The molecule has 0 saturated carbocycles. The molecule has 0 aliphatic carbocycles. The average Bonchev–Trinajstić information content (AvgIpc) is 3.48. The van der Waals surface area contributed by atoms with E-state index in [2.05, 4.69) is 200 Å². The van der Waals surface area contributed by atoms with Gasteiger partial charge in [-0.1, -0.05) is 204 Å². The van der Waals surface area contributed by atoms with Gasteiger partial charge in [0.15, 0.2) is 11.5 Å². The van der Waals surface area contributed by atoms with Crippen LogP contribution in [0.2, 0.25) is 15.1 Å². The topological polar surface area (TPSA) is 28.2 Å². The van der Waals surface area contributed by atoms with E-state index in [0.29, 0.717) is 55.1 Å². The van der Waals surface area contributed by atoms with Crippen molar-refractivity contribution in [2.75, 3.05) is 14.7 Å². The van der Waals surface area contributed by atoms with Crippen LogP contribution in [0.5, 0.6) is 23.0 Å². The van der Waals surface area contributed by atoms with E-state index in [1.807, 2.05) is 97.1 Å². The van der Waals surface area contributed by atoms with Gasteiger partial charge < -0.3 is 24.2 Å². The van der Waals surface area contributed by atoms with Crippen molar-refractivity contribution in [2.24, 2.45) is 0 Å². The van der Waals surface area contributed by atoms with Gasteiger partial charge in [0.2, 0.25) is 0 Å². The molecule has 0 saturated heterocycles. The average molecular weight is 1140 g/mol. The van der Waals surface area contributed by atoms with Crippen molar-refractivity contribution in [3.8, 4) is 23.0 Å². The van der Waals surface area contributed by atoms with Gasteiger partial charge in [-0.25, -0.2) is 0 Å². The molecule has 0 amide bonds. The lowest BCUT2D eigenvalue weighted by Gasteiger charge is -2.36. The fraction of sp³-hybridized carbons (Fsp3) is 0.0571. The highest BCUT2D eigenvalue weighted by atomic mass is 35.5. The predicted molar refractivity (Wildman–Crippen MR) is 339 cm³/mol. The normalized spacial score (nSPS) is 11.0. The monoisotopic (exact) mass is 1140 g/mol. The van der Waals surface area contributed by atoms with Gasteiger partial charge in [-0.2, -0.15) is 0 Å². The maximum Gasteiger partial charge on any atom is 0.151 e. The summed E-state index contributed by atoms with van der Waals surface area (Å²) in [5.74, 6) is 2.01. The Bertz CT molecular complexity index is 3520. The fourth-order valence-corrected chi connectivity index (χ4v) is 12.6. The summed E-state index contributed by atoms with van der Waals surface area (Å²) in [7, 11) is 0. The lowest BCUT2D eigenvalue weighted by Crippen LogP contribution is -2.19. The van der Waals surface area contributed by atoms with Crippen molar-refractivity contribution >= 4 is 110 Å². The lowest BCUT2D eigenvalue weighted by molar-refractivity contribution is 0.461. The van der Waals surface area contributed by atoms with Crippen molar-refractivity contribution in [3.63, 3.8) is 0 Å². The quantitative estimate of drug-likeness (QED) is 0.0897. The molecule has 0 atom stereocenters. The van der Waals surface area contributed by atoms with Gasteiger partial charge >= 0.3 is 0 Å². The van der Waals surface area contributed by atoms with Gasteiger partial charge in [0.05, 0.1) is 44.2 Å². The molecule has 0 spiro atoms. The molecule has 0 radical (unpaired) electrons. The van der Waals surface area contributed by atoms with Crippen LogP contribution in [-0.4, -0.2) is 0 Å². The van der Waals surface area contributed by atoms with Crippen molar-refractivity contribution < 1.29 is 9.47 Å². The Hall–Kier alpha value is -8.01. The molecule has 11 aromatic carbocycles. The number of hydrogen-bond acceptors (Lipinski definition) is 7. The zero-order chi connectivity index (χ0) is 55.1. The SMILES string of the molecule is Cc1cccc(C)c1N(c1cc(Oc2ccccc2)c(Cl)c(Oc2ccccc2)c1)c1cc(N(c2ccccc2)c2ccccc2)cc(N(c2cc(Sc3ccccc3)c(Cl)c(Sc3ccccc3)c2)c2c(C)cccc2C)c1Cl. The van der Waals surface area contributed by atoms with Crippen LogP contribution in [0.15, 0.2) is 274 Å². The molecule has 0 bridgehead atoms. The minimum atomic E-state index is 0.306. The molecule has 11 rings (SSSR count). The summed E-state index contributed by atoms with van der Waals surface area (Å²) in [6.45, 7) is 8.56. The van der Waals surface area contributed by atoms with Crippen molar-refractivity contribution in [3.05, 3.63) is 292 Å². The van der Waals surface area contributed by atoms with Crippen LogP contribution >= 0.6 is 58.3 Å². The molecule has 0 heterocycles. The maximum atomic E-state index is 8.49. The van der Waals surface area contributed by atoms with Gasteiger partial charge in [0.1, 0.15) is 16.5 Å². The van der Waals surface area contributed by atoms with E-state index in [1.165, 1.54) is 0 Å². The second kappa shape index (κ2) is 24.6. The Morgan fingerprint density at radius 2 is 0.625 bits per heavy atom. The van der Waals surface area contributed by atoms with Crippen LogP contribution in [0, 0.1) is 27.7 Å². The molecule has 11 aromatic rings. The Kier molecular flexibility index (Phi) is 16.6. The number of aryl methyl sites for hydroxylation is 4. The van der Waals surface area contributed by atoms with Crippen molar-refractivity contribution in [1.29, 1.82) is 0 Å². The first kappa shape index (κ1) is 54.0. The van der Waals surface area contributed by atoms with Gasteiger partial charge in [0.25, 0.3) is 0 Å². The lowest BCUT2D eigenvalue weighted by atomic mass is 10.0. The molecule has 0 aromatic heterocycles. The number of nitrogens with zero attached hydrogens (tertiary/aromatic N) is 3. The molecule has 0 unspecified atom stereocenters. The standard InChI is InChI=1S/C70H54Cl3N3O2S2/c1-47-25-23-26-48(2)69(47)75(54-43-62(77-56-33-15-7-16-34-56)67(72)63(44-54)78-57-35-17-8-18-36-57)60-41-53(74(51-29-11-5-12-30-51)52-31-13-6-14-32-52)42-61(66(60)71)76(70-49(3)27-24-28-50(70)4)55-45-64(79-58-37-19-9-20-38-58)68(73)65(46-55)80-59-39-21-10-22-40-59/h5-46H,1-4H3. The molecule has 0 aliphatic rings. The summed E-state index contributed by atoms with van der Waals surface area (Å²) in [5, 5.41) is 1.43. The van der Waals surface area contributed by atoms with E-state index in [-0.39, 0.29) is 0 Å². The number of ether oxygens (including phenoxy) is 2. The number of hydrogen-bond donors (Lipinski definition) is 0. The second-order valence-corrected chi connectivity index (χ2v) is 22.5. The van der Waals surface area contributed by atoms with Crippen molar-refractivity contribution in [2.45, 2.75) is 47.3 Å². The zero-order valence-electron chi connectivity index (χ0n) is 44.4. The molecular formula is C70H54Cl3N3O2S2. The molecule has 0 N–H and O–H groups in total. The molecule has 0 fully saturated rings. The minimum absolute atomic E-state index is 0.306. The zero-order valence-corrected chi connectivity index (χ0v) is 48.3. The molecule has 80 heavy (non-hydrogen) atoms. The Morgan fingerprint density at radius 1 is 0.300 bits per heavy atom. The molecular weight excluding hydrogens is 1090 g/mol. The first-order valence-electron chi connectivity index (χ1n) is 26.1. The van der Waals surface area contributed by atoms with E-state index in [1.54, 1.807) is 23.5 Å². The van der Waals surface area contributed by atoms with Crippen LogP contribution in [0.3, 0.4) is 0 Å². The van der Waals surface area contributed by atoms with E-state index in [0.717, 1.165) is 76.0 Å². The van der Waals surface area contributed by atoms with Gasteiger partial charge in [-0.05, 0) is 147 Å². The third-order valence-electron chi connectivity index (χ3n) is 13.5. The number of benzene rings is 11. The first-order valence-corrected chi connectivity index (χ1v) is 28.9. The highest BCUT2D eigenvalue weighted by Gasteiger charge is 2.31. The smallest absolute Gasteiger partial charge is 0.151 e. The van der Waals surface area contributed by atoms with Crippen LogP contribution in [0.1, 0.15) is 22.3 Å². The third-order valence-corrected chi connectivity index (χ3v) is 17.0. The third kappa shape index (κ3) is 11.8. The van der Waals surface area contributed by atoms with Crippen LogP contribution in [-0.2, 0) is 0 Å². The van der Waals surface area contributed by atoms with E-state index in [4.69, 9.17) is 44.3 Å². The molecule has 0 aliphatic heterocycles. The van der Waals surface area contributed by atoms with Gasteiger partial charge in [0, 0.05) is 48.8 Å². The number of rotatable bonds is 17. The summed E-state index contributed by atoms with van der Waals surface area (Å²) in [6, 6.07) is 86.3. The van der Waals surface area contributed by atoms with Gasteiger partial charge in [-0.3, -0.25) is 0 Å². The van der Waals surface area contributed by atoms with Crippen LogP contribution in [0.25, 0.3) is 0 Å². The summed E-state index contributed by atoms with van der Waals surface area (Å²) < 4.78 is 13.5. The van der Waals surface area contributed by atoms with E-state index >= 15 is 0 Å². The minimum Gasteiger partial charge on any atom is -0.456 e. The number of anilines is 9. The fourth-order valence-electron chi connectivity index (χ4n) is 9.86. The summed E-state index contributed by atoms with van der Waals surface area (Å²) >= 11 is 26.8. The first-order chi connectivity index (χ1) is 39.1. The Morgan fingerprint density at radius 3 is 1.00 bits per heavy atom. The predicted octanol–water partition coefficient (Wildman–Crippen LogP) is 23.2. The van der Waals surface area contributed by atoms with Crippen LogP contribution in [0.4, 0.5) is 51.2 Å². The number of para-hydroxylation sites is 6. The van der Waals surface area contributed by atoms with Gasteiger partial charge in [-0.15, -0.1) is 0 Å². The summed E-state index contributed by atoms with van der Waals surface area (Å²) in [6.07, 6.45) is 0. The Balaban J connectivity index is 1.25. The summed E-state index contributed by atoms with van der Waals surface area (Å²) in [4.78, 5) is 10.7. The largest absolute Gasteiger partial charge is 0.456 e.